The molecule has 2 rings (SSSR count). The second-order valence-electron chi connectivity index (χ2n) is 6.16. The van der Waals surface area contributed by atoms with Crippen LogP contribution in [-0.2, 0) is 26.0 Å². The molecule has 0 aliphatic rings. The number of aryl methyl sites for hydroxylation is 1. The third kappa shape index (κ3) is 8.89. The molecule has 0 aromatic heterocycles. The summed E-state index contributed by atoms with van der Waals surface area (Å²) >= 11 is 1.72. The van der Waals surface area contributed by atoms with E-state index in [4.69, 9.17) is 9.47 Å². The summed E-state index contributed by atoms with van der Waals surface area (Å²) in [7, 11) is -3.42. The first-order valence-corrected chi connectivity index (χ1v) is 12.1. The molecule has 29 heavy (non-hydrogen) atoms. The second kappa shape index (κ2) is 12.5. The van der Waals surface area contributed by atoms with E-state index >= 15 is 0 Å². The SMILES string of the molecule is CCOC(=O)COc1ccc(CCCSCCNS(=O)(=O)c2ccccc2)cc1. The van der Waals surface area contributed by atoms with Gasteiger partial charge in [-0.3, -0.25) is 0 Å². The third-order valence-electron chi connectivity index (χ3n) is 3.93. The van der Waals surface area contributed by atoms with Crippen molar-refractivity contribution in [2.75, 3.05) is 31.3 Å². The van der Waals surface area contributed by atoms with E-state index in [-0.39, 0.29) is 12.6 Å². The van der Waals surface area contributed by atoms with Gasteiger partial charge in [-0.15, -0.1) is 0 Å². The topological polar surface area (TPSA) is 81.7 Å². The Bertz CT molecular complexity index is 839. The molecule has 1 N–H and O–H groups in total. The minimum atomic E-state index is -3.42. The van der Waals surface area contributed by atoms with Crippen LogP contribution >= 0.6 is 11.8 Å². The monoisotopic (exact) mass is 437 g/mol. The summed E-state index contributed by atoms with van der Waals surface area (Å²) in [5, 5.41) is 0. The number of hydrogen-bond donors (Lipinski definition) is 1. The number of esters is 1. The van der Waals surface area contributed by atoms with Crippen LogP contribution in [-0.4, -0.2) is 45.7 Å². The van der Waals surface area contributed by atoms with Crippen molar-refractivity contribution < 1.29 is 22.7 Å². The Morgan fingerprint density at radius 1 is 1.03 bits per heavy atom. The van der Waals surface area contributed by atoms with Crippen LogP contribution in [0.1, 0.15) is 18.9 Å². The highest BCUT2D eigenvalue weighted by Crippen LogP contribution is 2.15. The zero-order valence-corrected chi connectivity index (χ0v) is 18.1. The first-order chi connectivity index (χ1) is 14.0. The molecule has 0 radical (unpaired) electrons. The summed E-state index contributed by atoms with van der Waals surface area (Å²) in [6.45, 7) is 2.43. The molecule has 2 aromatic carbocycles. The van der Waals surface area contributed by atoms with E-state index in [1.165, 1.54) is 5.56 Å². The van der Waals surface area contributed by atoms with Gasteiger partial charge in [0.1, 0.15) is 5.75 Å². The van der Waals surface area contributed by atoms with Gasteiger partial charge in [0, 0.05) is 12.3 Å². The summed E-state index contributed by atoms with van der Waals surface area (Å²) in [5.74, 6) is 1.95. The standard InChI is InChI=1S/C21H27NO5S2/c1-2-26-21(23)17-27-19-12-10-18(11-13-19)7-6-15-28-16-14-22-29(24,25)20-8-4-3-5-9-20/h3-5,8-13,22H,2,6-7,14-17H2,1H3. The number of nitrogens with one attached hydrogen (secondary N) is 1. The minimum absolute atomic E-state index is 0.0855. The molecule has 0 bridgehead atoms. The van der Waals surface area contributed by atoms with E-state index in [0.717, 1.165) is 24.3 Å². The number of carbonyl (C=O) groups excluding carboxylic acids is 1. The van der Waals surface area contributed by atoms with Crippen molar-refractivity contribution in [3.63, 3.8) is 0 Å². The lowest BCUT2D eigenvalue weighted by molar-refractivity contribution is -0.145. The smallest absolute Gasteiger partial charge is 0.344 e. The van der Waals surface area contributed by atoms with Gasteiger partial charge in [0.05, 0.1) is 11.5 Å². The van der Waals surface area contributed by atoms with E-state index < -0.39 is 10.0 Å². The lowest BCUT2D eigenvalue weighted by Crippen LogP contribution is -2.26. The van der Waals surface area contributed by atoms with Gasteiger partial charge in [0.15, 0.2) is 6.61 Å². The fraction of sp³-hybridized carbons (Fsp3) is 0.381. The van der Waals surface area contributed by atoms with E-state index in [9.17, 15) is 13.2 Å². The van der Waals surface area contributed by atoms with Crippen LogP contribution in [0, 0.1) is 0 Å². The van der Waals surface area contributed by atoms with Crippen molar-refractivity contribution in [2.24, 2.45) is 0 Å². The fourth-order valence-corrected chi connectivity index (χ4v) is 4.49. The molecule has 0 spiro atoms. The molecule has 0 amide bonds. The van der Waals surface area contributed by atoms with Crippen LogP contribution in [0.2, 0.25) is 0 Å². The van der Waals surface area contributed by atoms with Crippen LogP contribution in [0.5, 0.6) is 5.75 Å². The highest BCUT2D eigenvalue weighted by atomic mass is 32.2. The molecule has 0 unspecified atom stereocenters. The average Bonchev–Trinajstić information content (AvgIpc) is 2.73. The zero-order valence-electron chi connectivity index (χ0n) is 16.5. The number of hydrogen-bond acceptors (Lipinski definition) is 6. The number of sulfonamides is 1. The van der Waals surface area contributed by atoms with Gasteiger partial charge in [0.2, 0.25) is 10.0 Å². The van der Waals surface area contributed by atoms with Crippen molar-refractivity contribution in [1.29, 1.82) is 0 Å². The Labute approximate surface area is 177 Å². The highest BCUT2D eigenvalue weighted by Gasteiger charge is 2.11. The number of thioether (sulfide) groups is 1. The summed E-state index contributed by atoms with van der Waals surface area (Å²) in [5.41, 5.74) is 1.19. The van der Waals surface area contributed by atoms with Crippen LogP contribution < -0.4 is 9.46 Å². The van der Waals surface area contributed by atoms with Gasteiger partial charge >= 0.3 is 5.97 Å². The van der Waals surface area contributed by atoms with Crippen molar-refractivity contribution in [2.45, 2.75) is 24.7 Å². The van der Waals surface area contributed by atoms with Gasteiger partial charge in [-0.05, 0) is 55.3 Å². The first kappa shape index (κ1) is 23.3. The summed E-state index contributed by atoms with van der Waals surface area (Å²) in [4.78, 5) is 11.6. The van der Waals surface area contributed by atoms with Gasteiger partial charge < -0.3 is 9.47 Å². The third-order valence-corrected chi connectivity index (χ3v) is 6.48. The molecule has 0 saturated heterocycles. The van der Waals surface area contributed by atoms with Crippen LogP contribution in [0.15, 0.2) is 59.5 Å². The number of carbonyl (C=O) groups is 1. The van der Waals surface area contributed by atoms with Crippen LogP contribution in [0.25, 0.3) is 0 Å². The van der Waals surface area contributed by atoms with Gasteiger partial charge in [-0.25, -0.2) is 17.9 Å². The van der Waals surface area contributed by atoms with Crippen molar-refractivity contribution in [1.82, 2.24) is 4.72 Å². The molecule has 0 aliphatic heterocycles. The van der Waals surface area contributed by atoms with Crippen LogP contribution in [0.4, 0.5) is 0 Å². The van der Waals surface area contributed by atoms with Gasteiger partial charge in [-0.1, -0.05) is 30.3 Å². The fourth-order valence-electron chi connectivity index (χ4n) is 2.51. The highest BCUT2D eigenvalue weighted by molar-refractivity contribution is 7.99. The van der Waals surface area contributed by atoms with E-state index in [0.29, 0.717) is 23.8 Å². The van der Waals surface area contributed by atoms with Gasteiger partial charge in [0.25, 0.3) is 0 Å². The molecule has 0 heterocycles. The van der Waals surface area contributed by atoms with E-state index in [1.807, 2.05) is 24.3 Å². The predicted molar refractivity (Wildman–Crippen MR) is 116 cm³/mol. The lowest BCUT2D eigenvalue weighted by Gasteiger charge is -2.08. The Hall–Kier alpha value is -2.03. The Balaban J connectivity index is 1.58. The molecule has 0 saturated carbocycles. The van der Waals surface area contributed by atoms with E-state index in [2.05, 4.69) is 4.72 Å². The van der Waals surface area contributed by atoms with Gasteiger partial charge in [-0.2, -0.15) is 11.8 Å². The first-order valence-electron chi connectivity index (χ1n) is 9.51. The average molecular weight is 438 g/mol. The summed E-state index contributed by atoms with van der Waals surface area (Å²) in [6.07, 6.45) is 1.93. The maximum absolute atomic E-state index is 12.1. The Kier molecular flexibility index (Phi) is 10.0. The molecule has 158 valence electrons. The normalized spacial score (nSPS) is 11.2. The summed E-state index contributed by atoms with van der Waals surface area (Å²) in [6, 6.07) is 16.0. The molecule has 0 aliphatic carbocycles. The van der Waals surface area contributed by atoms with Crippen molar-refractivity contribution >= 4 is 27.8 Å². The Morgan fingerprint density at radius 3 is 2.45 bits per heavy atom. The van der Waals surface area contributed by atoms with Crippen molar-refractivity contribution in [3.8, 4) is 5.75 Å². The quantitative estimate of drug-likeness (QED) is 0.383. The minimum Gasteiger partial charge on any atom is -0.482 e. The predicted octanol–water partition coefficient (Wildman–Crippen LogP) is 3.27. The maximum Gasteiger partial charge on any atom is 0.344 e. The lowest BCUT2D eigenvalue weighted by atomic mass is 10.1. The molecule has 0 fully saturated rings. The molecule has 8 heteroatoms. The number of benzene rings is 2. The number of ether oxygens (including phenoxy) is 2. The molecular formula is C21H27NO5S2. The zero-order chi connectivity index (χ0) is 21.0. The Morgan fingerprint density at radius 2 is 1.76 bits per heavy atom. The largest absolute Gasteiger partial charge is 0.482 e. The molecule has 2 aromatic rings. The van der Waals surface area contributed by atoms with Crippen molar-refractivity contribution in [3.05, 3.63) is 60.2 Å². The molecule has 0 atom stereocenters. The molecule has 6 nitrogen and oxygen atoms in total. The maximum atomic E-state index is 12.1. The summed E-state index contributed by atoms with van der Waals surface area (Å²) < 4.78 is 37.0. The van der Waals surface area contributed by atoms with E-state index in [1.54, 1.807) is 49.0 Å². The number of rotatable bonds is 13. The second-order valence-corrected chi connectivity index (χ2v) is 9.16. The molecular weight excluding hydrogens is 410 g/mol. The van der Waals surface area contributed by atoms with Crippen LogP contribution in [0.3, 0.4) is 0 Å².